The summed E-state index contributed by atoms with van der Waals surface area (Å²) in [6.07, 6.45) is 4.19. The number of nitrogens with zero attached hydrogens (tertiary/aromatic N) is 5. The third-order valence-electron chi connectivity index (χ3n) is 7.18. The van der Waals surface area contributed by atoms with Crippen LogP contribution in [0.25, 0.3) is 33.2 Å². The van der Waals surface area contributed by atoms with Gasteiger partial charge in [0.1, 0.15) is 11.3 Å². The number of hydrogen-bond donors (Lipinski definition) is 2. The number of nitrogen functional groups attached to an aromatic ring is 1. The van der Waals surface area contributed by atoms with Gasteiger partial charge in [0.2, 0.25) is 5.91 Å². The summed E-state index contributed by atoms with van der Waals surface area (Å²) in [5.41, 5.74) is 11.9. The molecule has 3 aromatic heterocycles. The molecule has 36 heavy (non-hydrogen) atoms. The number of aromatic amines is 1. The first-order chi connectivity index (χ1) is 17.6. The Bertz CT molecular complexity index is 1540. The smallest absolute Gasteiger partial charge is 0.227 e. The molecule has 0 aliphatic carbocycles. The van der Waals surface area contributed by atoms with Crippen LogP contribution in [0.5, 0.6) is 0 Å². The van der Waals surface area contributed by atoms with E-state index in [9.17, 15) is 4.79 Å². The van der Waals surface area contributed by atoms with Crippen molar-refractivity contribution in [3.63, 3.8) is 0 Å². The van der Waals surface area contributed by atoms with Crippen molar-refractivity contribution in [3.05, 3.63) is 72.2 Å². The normalized spacial score (nSPS) is 16.1. The molecule has 6 rings (SSSR count). The zero-order valence-corrected chi connectivity index (χ0v) is 20.3. The van der Waals surface area contributed by atoms with Crippen molar-refractivity contribution in [2.75, 3.05) is 18.8 Å². The third-order valence-corrected chi connectivity index (χ3v) is 7.18. The predicted molar refractivity (Wildman–Crippen MR) is 141 cm³/mol. The van der Waals surface area contributed by atoms with Crippen LogP contribution in [0, 0.1) is 0 Å². The maximum Gasteiger partial charge on any atom is 0.227 e. The lowest BCUT2D eigenvalue weighted by atomic mass is 9.96. The number of benzene rings is 2. The van der Waals surface area contributed by atoms with E-state index in [1.54, 1.807) is 6.20 Å². The summed E-state index contributed by atoms with van der Waals surface area (Å²) in [4.78, 5) is 24.8. The Morgan fingerprint density at radius 2 is 2.00 bits per heavy atom. The highest BCUT2D eigenvalue weighted by Crippen LogP contribution is 2.35. The number of pyridine rings is 1. The second-order valence-corrected chi connectivity index (χ2v) is 9.44. The van der Waals surface area contributed by atoms with Crippen molar-refractivity contribution in [3.8, 4) is 11.3 Å². The summed E-state index contributed by atoms with van der Waals surface area (Å²) in [6, 6.07) is 18.1. The van der Waals surface area contributed by atoms with Crippen molar-refractivity contribution in [2.45, 2.75) is 38.6 Å². The minimum absolute atomic E-state index is 0.156. The predicted octanol–water partition coefficient (Wildman–Crippen LogP) is 4.53. The van der Waals surface area contributed by atoms with Gasteiger partial charge in [0, 0.05) is 42.7 Å². The van der Waals surface area contributed by atoms with Gasteiger partial charge in [-0.15, -0.1) is 0 Å². The number of imidazole rings is 1. The van der Waals surface area contributed by atoms with E-state index in [2.05, 4.69) is 33.8 Å². The number of aryl methyl sites for hydroxylation is 1. The minimum atomic E-state index is 0.156. The molecule has 4 heterocycles. The highest BCUT2D eigenvalue weighted by Gasteiger charge is 2.29. The lowest BCUT2D eigenvalue weighted by Gasteiger charge is -2.33. The monoisotopic (exact) mass is 479 g/mol. The molecule has 8 nitrogen and oxygen atoms in total. The second kappa shape index (κ2) is 9.11. The molecule has 0 spiro atoms. The molecule has 1 aliphatic rings. The van der Waals surface area contributed by atoms with E-state index >= 15 is 0 Å². The molecule has 1 aliphatic heterocycles. The number of likely N-dealkylation sites (tertiary alicyclic amines) is 1. The van der Waals surface area contributed by atoms with Crippen LogP contribution in [0.15, 0.2) is 60.8 Å². The lowest BCUT2D eigenvalue weighted by Crippen LogP contribution is -2.40. The van der Waals surface area contributed by atoms with Gasteiger partial charge >= 0.3 is 0 Å². The van der Waals surface area contributed by atoms with Crippen molar-refractivity contribution < 1.29 is 4.79 Å². The molecular weight excluding hydrogens is 450 g/mol. The van der Waals surface area contributed by atoms with E-state index in [4.69, 9.17) is 15.7 Å². The van der Waals surface area contributed by atoms with Gasteiger partial charge in [-0.2, -0.15) is 5.10 Å². The lowest BCUT2D eigenvalue weighted by molar-refractivity contribution is -0.131. The third kappa shape index (κ3) is 3.88. The average molecular weight is 480 g/mol. The Hall–Kier alpha value is -4.20. The Kier molecular flexibility index (Phi) is 5.64. The van der Waals surface area contributed by atoms with Crippen LogP contribution in [0.2, 0.25) is 0 Å². The average Bonchev–Trinajstić information content (AvgIpc) is 3.58. The first-order valence-electron chi connectivity index (χ1n) is 12.5. The summed E-state index contributed by atoms with van der Waals surface area (Å²) in [5.74, 6) is 1.74. The fraction of sp³-hybridized carbons (Fsp3) is 0.286. The quantitative estimate of drug-likeness (QED) is 0.385. The molecule has 0 bridgehead atoms. The van der Waals surface area contributed by atoms with E-state index < -0.39 is 0 Å². The van der Waals surface area contributed by atoms with E-state index in [1.165, 1.54) is 0 Å². The second-order valence-electron chi connectivity index (χ2n) is 9.44. The number of amides is 1. The standard InChI is InChI=1S/C28H29N7O/c1-2-35-26-21-11-10-19(22-12-13-30-33-22)16-23(21)31-27(29)25(26)32-28(35)20-9-6-14-34(17-20)24(36)15-18-7-4-3-5-8-18/h3-5,7-8,10-13,16,20H,2,6,9,14-15,17H2,1H3,(H2,29,31)(H,30,33)/t20-/m0/s1. The van der Waals surface area contributed by atoms with Crippen LogP contribution in [-0.4, -0.2) is 48.6 Å². The molecule has 0 unspecified atom stereocenters. The van der Waals surface area contributed by atoms with Crippen LogP contribution < -0.4 is 5.73 Å². The van der Waals surface area contributed by atoms with Gasteiger partial charge < -0.3 is 15.2 Å². The highest BCUT2D eigenvalue weighted by molar-refractivity contribution is 6.07. The number of piperidine rings is 1. The fourth-order valence-corrected chi connectivity index (χ4v) is 5.44. The molecule has 1 fully saturated rings. The number of nitrogens with one attached hydrogen (secondary N) is 1. The molecule has 2 aromatic carbocycles. The number of aromatic nitrogens is 5. The van der Waals surface area contributed by atoms with Crippen LogP contribution in [0.4, 0.5) is 5.82 Å². The van der Waals surface area contributed by atoms with Gasteiger partial charge in [-0.3, -0.25) is 9.89 Å². The molecule has 1 atom stereocenters. The maximum atomic E-state index is 13.1. The van der Waals surface area contributed by atoms with E-state index in [1.807, 2.05) is 47.4 Å². The molecule has 1 amide bonds. The SMILES string of the molecule is CCn1c([C@H]2CCCN(C(=O)Cc3ccccc3)C2)nc2c(N)nc3cc(-c4cc[nH]n4)ccc3c21. The molecule has 5 aromatic rings. The van der Waals surface area contributed by atoms with Crippen LogP contribution in [-0.2, 0) is 17.8 Å². The summed E-state index contributed by atoms with van der Waals surface area (Å²) in [6.45, 7) is 4.35. The highest BCUT2D eigenvalue weighted by atomic mass is 16.2. The Morgan fingerprint density at radius 3 is 2.78 bits per heavy atom. The number of fused-ring (bicyclic) bond motifs is 3. The maximum absolute atomic E-state index is 13.1. The molecule has 8 heteroatoms. The van der Waals surface area contributed by atoms with Gasteiger partial charge in [-0.05, 0) is 43.5 Å². The van der Waals surface area contributed by atoms with Gasteiger partial charge in [-0.25, -0.2) is 9.97 Å². The molecular formula is C28H29N7O. The summed E-state index contributed by atoms with van der Waals surface area (Å²) in [7, 11) is 0. The topological polar surface area (TPSA) is 106 Å². The number of nitrogens with two attached hydrogens (primary N) is 1. The van der Waals surface area contributed by atoms with Crippen molar-refractivity contribution in [2.24, 2.45) is 0 Å². The first kappa shape index (κ1) is 22.3. The van der Waals surface area contributed by atoms with Crippen LogP contribution in [0.1, 0.15) is 37.1 Å². The summed E-state index contributed by atoms with van der Waals surface area (Å²) in [5, 5.41) is 8.17. The largest absolute Gasteiger partial charge is 0.382 e. The number of rotatable bonds is 5. The van der Waals surface area contributed by atoms with Gasteiger partial charge in [-0.1, -0.05) is 36.4 Å². The molecule has 0 radical (unpaired) electrons. The number of anilines is 1. The van der Waals surface area contributed by atoms with E-state index in [0.717, 1.165) is 70.5 Å². The number of carbonyl (C=O) groups is 1. The Balaban J connectivity index is 1.36. The zero-order valence-electron chi connectivity index (χ0n) is 20.3. The molecule has 0 saturated carbocycles. The number of carbonyl (C=O) groups excluding carboxylic acids is 1. The zero-order chi connectivity index (χ0) is 24.6. The van der Waals surface area contributed by atoms with Crippen molar-refractivity contribution >= 4 is 33.7 Å². The number of hydrogen-bond acceptors (Lipinski definition) is 5. The van der Waals surface area contributed by atoms with E-state index in [-0.39, 0.29) is 11.8 Å². The first-order valence-corrected chi connectivity index (χ1v) is 12.5. The van der Waals surface area contributed by atoms with Gasteiger partial charge in [0.15, 0.2) is 5.82 Å². The summed E-state index contributed by atoms with van der Waals surface area (Å²) >= 11 is 0. The van der Waals surface area contributed by atoms with Crippen molar-refractivity contribution in [1.29, 1.82) is 0 Å². The Labute approximate surface area is 209 Å². The molecule has 182 valence electrons. The van der Waals surface area contributed by atoms with Gasteiger partial charge in [0.25, 0.3) is 0 Å². The Morgan fingerprint density at radius 1 is 1.14 bits per heavy atom. The minimum Gasteiger partial charge on any atom is -0.382 e. The van der Waals surface area contributed by atoms with Crippen molar-refractivity contribution in [1.82, 2.24) is 29.6 Å². The fourth-order valence-electron chi connectivity index (χ4n) is 5.44. The van der Waals surface area contributed by atoms with Crippen LogP contribution in [0.3, 0.4) is 0 Å². The van der Waals surface area contributed by atoms with E-state index in [0.29, 0.717) is 18.8 Å². The molecule has 1 saturated heterocycles. The number of H-pyrrole nitrogens is 1. The van der Waals surface area contributed by atoms with Gasteiger partial charge in [0.05, 0.1) is 23.1 Å². The van der Waals surface area contributed by atoms with Crippen LogP contribution >= 0.6 is 0 Å². The summed E-state index contributed by atoms with van der Waals surface area (Å²) < 4.78 is 2.26. The molecule has 3 N–H and O–H groups in total.